The molecular formula is C13H24N2O. The number of hydrogen-bond acceptors (Lipinski definition) is 2. The standard InChI is InChI=1S/C13H24N2O/c1-9-5-3-6-11-7-4-8-15(12(9)11)13(16)10(2)14/h9-12H,3-8,14H2,1-2H3/t9-,10+,11-,12-/m1/s1. The van der Waals surface area contributed by atoms with Crippen LogP contribution in [0, 0.1) is 11.8 Å². The zero-order chi connectivity index (χ0) is 11.7. The summed E-state index contributed by atoms with van der Waals surface area (Å²) in [5, 5.41) is 0. The van der Waals surface area contributed by atoms with E-state index in [9.17, 15) is 4.79 Å². The number of carbonyl (C=O) groups is 1. The molecule has 16 heavy (non-hydrogen) atoms. The molecule has 3 nitrogen and oxygen atoms in total. The molecule has 1 amide bonds. The summed E-state index contributed by atoms with van der Waals surface area (Å²) < 4.78 is 0. The Morgan fingerprint density at radius 2 is 2.00 bits per heavy atom. The van der Waals surface area contributed by atoms with E-state index in [2.05, 4.69) is 11.8 Å². The molecule has 0 bridgehead atoms. The maximum Gasteiger partial charge on any atom is 0.239 e. The lowest BCUT2D eigenvalue weighted by Gasteiger charge is -2.48. The Kier molecular flexibility index (Phi) is 3.53. The quantitative estimate of drug-likeness (QED) is 0.737. The van der Waals surface area contributed by atoms with Gasteiger partial charge in [0.1, 0.15) is 0 Å². The summed E-state index contributed by atoms with van der Waals surface area (Å²) in [5.41, 5.74) is 5.74. The lowest BCUT2D eigenvalue weighted by Crippen LogP contribution is -2.56. The van der Waals surface area contributed by atoms with E-state index < -0.39 is 0 Å². The van der Waals surface area contributed by atoms with Crippen molar-refractivity contribution in [1.29, 1.82) is 0 Å². The van der Waals surface area contributed by atoms with Gasteiger partial charge in [-0.15, -0.1) is 0 Å². The zero-order valence-corrected chi connectivity index (χ0v) is 10.5. The van der Waals surface area contributed by atoms with E-state index in [-0.39, 0.29) is 11.9 Å². The molecule has 1 heterocycles. The average molecular weight is 224 g/mol. The monoisotopic (exact) mass is 224 g/mol. The highest BCUT2D eigenvalue weighted by molar-refractivity contribution is 5.81. The van der Waals surface area contributed by atoms with E-state index in [4.69, 9.17) is 5.73 Å². The zero-order valence-electron chi connectivity index (χ0n) is 10.5. The number of rotatable bonds is 1. The normalized spacial score (nSPS) is 36.7. The third-order valence-corrected chi connectivity index (χ3v) is 4.31. The number of amides is 1. The maximum absolute atomic E-state index is 12.1. The highest BCUT2D eigenvalue weighted by Crippen LogP contribution is 2.38. The van der Waals surface area contributed by atoms with Crippen molar-refractivity contribution in [3.8, 4) is 0 Å². The van der Waals surface area contributed by atoms with Crippen LogP contribution in [0.4, 0.5) is 0 Å². The summed E-state index contributed by atoms with van der Waals surface area (Å²) in [6, 6.07) is 0.133. The molecule has 0 unspecified atom stereocenters. The second-order valence-electron chi connectivity index (χ2n) is 5.62. The first kappa shape index (κ1) is 11.9. The number of piperidine rings is 1. The van der Waals surface area contributed by atoms with Crippen LogP contribution in [0.1, 0.15) is 46.0 Å². The van der Waals surface area contributed by atoms with Gasteiger partial charge in [-0.2, -0.15) is 0 Å². The van der Waals surface area contributed by atoms with Crippen molar-refractivity contribution in [2.45, 2.75) is 58.0 Å². The first-order valence-electron chi connectivity index (χ1n) is 6.67. The van der Waals surface area contributed by atoms with Crippen LogP contribution < -0.4 is 5.73 Å². The predicted molar refractivity (Wildman–Crippen MR) is 64.9 cm³/mol. The van der Waals surface area contributed by atoms with Gasteiger partial charge in [0.2, 0.25) is 5.91 Å². The smallest absolute Gasteiger partial charge is 0.239 e. The predicted octanol–water partition coefficient (Wildman–Crippen LogP) is 1.76. The number of likely N-dealkylation sites (tertiary alicyclic amines) is 1. The minimum atomic E-state index is -0.340. The molecule has 1 aliphatic carbocycles. The van der Waals surface area contributed by atoms with E-state index >= 15 is 0 Å². The lowest BCUT2D eigenvalue weighted by atomic mass is 9.73. The van der Waals surface area contributed by atoms with E-state index in [0.717, 1.165) is 18.9 Å². The van der Waals surface area contributed by atoms with Crippen LogP contribution in [0.3, 0.4) is 0 Å². The molecule has 0 aromatic rings. The number of carbonyl (C=O) groups excluding carboxylic acids is 1. The first-order chi connectivity index (χ1) is 7.61. The van der Waals surface area contributed by atoms with Gasteiger partial charge < -0.3 is 10.6 Å². The van der Waals surface area contributed by atoms with Crippen LogP contribution in [0.15, 0.2) is 0 Å². The molecule has 2 fully saturated rings. The fourth-order valence-electron chi connectivity index (χ4n) is 3.58. The van der Waals surface area contributed by atoms with Gasteiger partial charge in [0.15, 0.2) is 0 Å². The Hall–Kier alpha value is -0.570. The fourth-order valence-corrected chi connectivity index (χ4v) is 3.58. The van der Waals surface area contributed by atoms with Crippen molar-refractivity contribution in [3.63, 3.8) is 0 Å². The summed E-state index contributed by atoms with van der Waals surface area (Å²) in [6.07, 6.45) is 6.37. The molecule has 2 aliphatic rings. The largest absolute Gasteiger partial charge is 0.338 e. The van der Waals surface area contributed by atoms with Crippen LogP contribution in [0.2, 0.25) is 0 Å². The topological polar surface area (TPSA) is 46.3 Å². The molecule has 0 spiro atoms. The maximum atomic E-state index is 12.1. The van der Waals surface area contributed by atoms with Crippen molar-refractivity contribution in [2.75, 3.05) is 6.54 Å². The molecule has 0 radical (unpaired) electrons. The molecule has 2 rings (SSSR count). The molecule has 92 valence electrons. The third kappa shape index (κ3) is 2.10. The Labute approximate surface area is 98.4 Å². The SMILES string of the molecule is C[C@H](N)C(=O)N1CCC[C@H]2CCC[C@@H](C)[C@H]21. The molecular weight excluding hydrogens is 200 g/mol. The molecule has 2 N–H and O–H groups in total. The van der Waals surface area contributed by atoms with Gasteiger partial charge in [0, 0.05) is 12.6 Å². The average Bonchev–Trinajstić information content (AvgIpc) is 2.27. The molecule has 1 saturated carbocycles. The van der Waals surface area contributed by atoms with E-state index in [0.29, 0.717) is 12.0 Å². The van der Waals surface area contributed by atoms with Gasteiger partial charge in [-0.1, -0.05) is 13.3 Å². The van der Waals surface area contributed by atoms with Crippen molar-refractivity contribution < 1.29 is 4.79 Å². The molecule has 0 aromatic carbocycles. The minimum Gasteiger partial charge on any atom is -0.338 e. The van der Waals surface area contributed by atoms with Crippen molar-refractivity contribution in [1.82, 2.24) is 4.90 Å². The van der Waals surface area contributed by atoms with Crippen molar-refractivity contribution >= 4 is 5.91 Å². The van der Waals surface area contributed by atoms with Gasteiger partial charge >= 0.3 is 0 Å². The molecule has 1 aliphatic heterocycles. The molecule has 0 aromatic heterocycles. The Morgan fingerprint density at radius 1 is 1.31 bits per heavy atom. The van der Waals surface area contributed by atoms with Crippen molar-refractivity contribution in [2.24, 2.45) is 17.6 Å². The van der Waals surface area contributed by atoms with E-state index in [1.807, 2.05) is 0 Å². The van der Waals surface area contributed by atoms with Gasteiger partial charge in [-0.3, -0.25) is 4.79 Å². The summed E-state index contributed by atoms with van der Waals surface area (Å²) in [6.45, 7) is 5.02. The van der Waals surface area contributed by atoms with Gasteiger partial charge in [0.25, 0.3) is 0 Å². The second-order valence-corrected chi connectivity index (χ2v) is 5.62. The Bertz CT molecular complexity index is 263. The summed E-state index contributed by atoms with van der Waals surface area (Å²) in [5.74, 6) is 1.55. The van der Waals surface area contributed by atoms with E-state index in [1.165, 1.54) is 25.7 Å². The highest BCUT2D eigenvalue weighted by Gasteiger charge is 2.39. The van der Waals surface area contributed by atoms with E-state index in [1.54, 1.807) is 6.92 Å². The number of nitrogens with two attached hydrogens (primary N) is 1. The summed E-state index contributed by atoms with van der Waals surface area (Å²) in [7, 11) is 0. The highest BCUT2D eigenvalue weighted by atomic mass is 16.2. The summed E-state index contributed by atoms with van der Waals surface area (Å²) in [4.78, 5) is 14.2. The van der Waals surface area contributed by atoms with Gasteiger partial charge in [-0.25, -0.2) is 0 Å². The van der Waals surface area contributed by atoms with Gasteiger partial charge in [0.05, 0.1) is 6.04 Å². The third-order valence-electron chi connectivity index (χ3n) is 4.31. The van der Waals surface area contributed by atoms with Crippen LogP contribution >= 0.6 is 0 Å². The Morgan fingerprint density at radius 3 is 2.69 bits per heavy atom. The van der Waals surface area contributed by atoms with Gasteiger partial charge in [-0.05, 0) is 44.4 Å². The fraction of sp³-hybridized carbons (Fsp3) is 0.923. The molecule has 4 atom stereocenters. The van der Waals surface area contributed by atoms with Crippen LogP contribution in [-0.2, 0) is 4.79 Å². The lowest BCUT2D eigenvalue weighted by molar-refractivity contribution is -0.140. The van der Waals surface area contributed by atoms with Crippen molar-refractivity contribution in [3.05, 3.63) is 0 Å². The van der Waals surface area contributed by atoms with Crippen LogP contribution in [0.5, 0.6) is 0 Å². The number of hydrogen-bond donors (Lipinski definition) is 1. The van der Waals surface area contributed by atoms with Crippen LogP contribution in [-0.4, -0.2) is 29.4 Å². The Balaban J connectivity index is 2.14. The summed E-state index contributed by atoms with van der Waals surface area (Å²) >= 11 is 0. The molecule has 3 heteroatoms. The number of nitrogens with zero attached hydrogens (tertiary/aromatic N) is 1. The number of fused-ring (bicyclic) bond motifs is 1. The second kappa shape index (κ2) is 4.74. The van der Waals surface area contributed by atoms with Crippen LogP contribution in [0.25, 0.3) is 0 Å². The molecule has 1 saturated heterocycles. The minimum absolute atomic E-state index is 0.156. The first-order valence-corrected chi connectivity index (χ1v) is 6.67.